The second-order valence-electron chi connectivity index (χ2n) is 7.28. The zero-order chi connectivity index (χ0) is 21.2. The standard InChI is InChI=1S/C24H31N5O.HI/c1-19-9-7-8-12-22(19)30-20(2)17-28-24(25-3)27-14-13-23-26-15-16-29(23)18-21-10-5-4-6-11-21;/h4-12,15-16,20H,13-14,17-18H2,1-3H3,(H2,25,27,28);1H. The SMILES string of the molecule is CN=C(NCCc1nccn1Cc1ccccc1)NCC(C)Oc1ccccc1C.I. The highest BCUT2D eigenvalue weighted by atomic mass is 127. The number of guanidine groups is 1. The van der Waals surface area contributed by atoms with Gasteiger partial charge in [-0.25, -0.2) is 4.98 Å². The van der Waals surface area contributed by atoms with Crippen molar-refractivity contribution in [2.45, 2.75) is 32.9 Å². The van der Waals surface area contributed by atoms with Crippen molar-refractivity contribution in [1.29, 1.82) is 0 Å². The van der Waals surface area contributed by atoms with Crippen molar-refractivity contribution >= 4 is 29.9 Å². The van der Waals surface area contributed by atoms with E-state index >= 15 is 0 Å². The van der Waals surface area contributed by atoms with Gasteiger partial charge in [0.1, 0.15) is 17.7 Å². The van der Waals surface area contributed by atoms with Crippen LogP contribution < -0.4 is 15.4 Å². The monoisotopic (exact) mass is 533 g/mol. The van der Waals surface area contributed by atoms with E-state index < -0.39 is 0 Å². The molecule has 0 amide bonds. The van der Waals surface area contributed by atoms with Crippen LogP contribution in [0.5, 0.6) is 5.75 Å². The molecule has 0 bridgehead atoms. The third-order valence-electron chi connectivity index (χ3n) is 4.84. The molecule has 166 valence electrons. The van der Waals surface area contributed by atoms with Gasteiger partial charge >= 0.3 is 0 Å². The summed E-state index contributed by atoms with van der Waals surface area (Å²) in [5, 5.41) is 6.69. The summed E-state index contributed by atoms with van der Waals surface area (Å²) in [5.41, 5.74) is 2.41. The molecule has 6 nitrogen and oxygen atoms in total. The van der Waals surface area contributed by atoms with E-state index in [0.717, 1.165) is 42.6 Å². The van der Waals surface area contributed by atoms with Crippen LogP contribution in [0.25, 0.3) is 0 Å². The Hall–Kier alpha value is -2.55. The van der Waals surface area contributed by atoms with Crippen LogP contribution in [0, 0.1) is 6.92 Å². The summed E-state index contributed by atoms with van der Waals surface area (Å²) < 4.78 is 8.20. The molecule has 0 radical (unpaired) electrons. The molecule has 0 aliphatic heterocycles. The third-order valence-corrected chi connectivity index (χ3v) is 4.84. The number of hydrogen-bond acceptors (Lipinski definition) is 3. The molecule has 0 saturated carbocycles. The van der Waals surface area contributed by atoms with E-state index in [0.29, 0.717) is 6.54 Å². The molecule has 0 aliphatic carbocycles. The van der Waals surface area contributed by atoms with E-state index in [4.69, 9.17) is 4.74 Å². The Balaban J connectivity index is 0.00000341. The van der Waals surface area contributed by atoms with Gasteiger partial charge in [0.05, 0.1) is 6.54 Å². The number of nitrogens with zero attached hydrogens (tertiary/aromatic N) is 3. The minimum atomic E-state index is 0. The summed E-state index contributed by atoms with van der Waals surface area (Å²) in [7, 11) is 1.78. The summed E-state index contributed by atoms with van der Waals surface area (Å²) in [5.74, 6) is 2.73. The maximum Gasteiger partial charge on any atom is 0.191 e. The Labute approximate surface area is 202 Å². The van der Waals surface area contributed by atoms with E-state index in [9.17, 15) is 0 Å². The Morgan fingerprint density at radius 3 is 2.58 bits per heavy atom. The highest BCUT2D eigenvalue weighted by Crippen LogP contribution is 2.17. The zero-order valence-corrected chi connectivity index (χ0v) is 20.7. The quantitative estimate of drug-likeness (QED) is 0.248. The number of ether oxygens (including phenoxy) is 1. The average molecular weight is 533 g/mol. The molecule has 1 heterocycles. The first kappa shape index (κ1) is 24.7. The second kappa shape index (κ2) is 13.0. The molecule has 1 aromatic heterocycles. The molecule has 3 aromatic rings. The maximum absolute atomic E-state index is 6.02. The lowest BCUT2D eigenvalue weighted by molar-refractivity contribution is 0.222. The van der Waals surface area contributed by atoms with Crippen LogP contribution in [-0.2, 0) is 13.0 Å². The van der Waals surface area contributed by atoms with Crippen LogP contribution in [0.15, 0.2) is 72.0 Å². The van der Waals surface area contributed by atoms with E-state index in [2.05, 4.69) is 62.4 Å². The Bertz CT molecular complexity index is 942. The van der Waals surface area contributed by atoms with Gasteiger partial charge in [-0.05, 0) is 31.0 Å². The lowest BCUT2D eigenvalue weighted by Gasteiger charge is -2.19. The molecule has 1 unspecified atom stereocenters. The highest BCUT2D eigenvalue weighted by molar-refractivity contribution is 14.0. The van der Waals surface area contributed by atoms with Crippen LogP contribution in [-0.4, -0.2) is 41.8 Å². The first-order valence-corrected chi connectivity index (χ1v) is 10.4. The van der Waals surface area contributed by atoms with Crippen molar-refractivity contribution in [1.82, 2.24) is 20.2 Å². The van der Waals surface area contributed by atoms with Gasteiger partial charge in [0.2, 0.25) is 0 Å². The summed E-state index contributed by atoms with van der Waals surface area (Å²) in [6.07, 6.45) is 4.72. The summed E-state index contributed by atoms with van der Waals surface area (Å²) in [6, 6.07) is 18.5. The van der Waals surface area contributed by atoms with Gasteiger partial charge in [-0.1, -0.05) is 48.5 Å². The number of rotatable bonds is 9. The maximum atomic E-state index is 6.02. The van der Waals surface area contributed by atoms with Crippen LogP contribution in [0.3, 0.4) is 0 Å². The van der Waals surface area contributed by atoms with Gasteiger partial charge < -0.3 is 19.9 Å². The molecule has 1 atom stereocenters. The molecular weight excluding hydrogens is 501 g/mol. The molecule has 7 heteroatoms. The average Bonchev–Trinajstić information content (AvgIpc) is 3.19. The minimum absolute atomic E-state index is 0. The molecule has 2 aromatic carbocycles. The Morgan fingerprint density at radius 2 is 1.84 bits per heavy atom. The number of para-hydroxylation sites is 1. The van der Waals surface area contributed by atoms with Crippen LogP contribution in [0.4, 0.5) is 0 Å². The van der Waals surface area contributed by atoms with Crippen molar-refractivity contribution in [3.8, 4) is 5.75 Å². The Morgan fingerprint density at radius 1 is 1.10 bits per heavy atom. The van der Waals surface area contributed by atoms with Crippen molar-refractivity contribution in [3.05, 3.63) is 83.9 Å². The highest BCUT2D eigenvalue weighted by Gasteiger charge is 2.08. The fraction of sp³-hybridized carbons (Fsp3) is 0.333. The number of hydrogen-bond donors (Lipinski definition) is 2. The number of aliphatic imine (C=N–C) groups is 1. The van der Waals surface area contributed by atoms with E-state index in [1.54, 1.807) is 7.05 Å². The van der Waals surface area contributed by atoms with Gasteiger partial charge in [0, 0.05) is 39.0 Å². The number of imidazole rings is 1. The minimum Gasteiger partial charge on any atom is -0.489 e. The molecular formula is C24H32IN5O. The third kappa shape index (κ3) is 7.90. The molecule has 2 N–H and O–H groups in total. The topological polar surface area (TPSA) is 63.5 Å². The lowest BCUT2D eigenvalue weighted by atomic mass is 10.2. The van der Waals surface area contributed by atoms with E-state index in [1.807, 2.05) is 43.6 Å². The summed E-state index contributed by atoms with van der Waals surface area (Å²) >= 11 is 0. The number of benzene rings is 2. The van der Waals surface area contributed by atoms with E-state index in [1.165, 1.54) is 5.56 Å². The van der Waals surface area contributed by atoms with Crippen molar-refractivity contribution < 1.29 is 4.74 Å². The molecule has 0 fully saturated rings. The normalized spacial score (nSPS) is 12.0. The van der Waals surface area contributed by atoms with Crippen molar-refractivity contribution in [3.63, 3.8) is 0 Å². The molecule has 3 rings (SSSR count). The second-order valence-corrected chi connectivity index (χ2v) is 7.28. The van der Waals surface area contributed by atoms with Crippen LogP contribution in [0.1, 0.15) is 23.9 Å². The summed E-state index contributed by atoms with van der Waals surface area (Å²) in [6.45, 7) is 6.34. The predicted octanol–water partition coefficient (Wildman–Crippen LogP) is 4.03. The van der Waals surface area contributed by atoms with Gasteiger partial charge in [0.25, 0.3) is 0 Å². The molecule has 31 heavy (non-hydrogen) atoms. The predicted molar refractivity (Wildman–Crippen MR) is 138 cm³/mol. The molecule has 0 spiro atoms. The van der Waals surface area contributed by atoms with Crippen molar-refractivity contribution in [2.75, 3.05) is 20.1 Å². The number of nitrogens with one attached hydrogen (secondary N) is 2. The molecule has 0 aliphatic rings. The number of halogens is 1. The van der Waals surface area contributed by atoms with Crippen LogP contribution >= 0.6 is 24.0 Å². The Kier molecular flexibility index (Phi) is 10.4. The molecule has 0 saturated heterocycles. The zero-order valence-electron chi connectivity index (χ0n) is 18.4. The first-order chi connectivity index (χ1) is 14.7. The smallest absolute Gasteiger partial charge is 0.191 e. The fourth-order valence-electron chi connectivity index (χ4n) is 3.19. The summed E-state index contributed by atoms with van der Waals surface area (Å²) in [4.78, 5) is 8.81. The number of aromatic nitrogens is 2. The van der Waals surface area contributed by atoms with Gasteiger partial charge in [-0.15, -0.1) is 24.0 Å². The van der Waals surface area contributed by atoms with E-state index in [-0.39, 0.29) is 30.1 Å². The lowest BCUT2D eigenvalue weighted by Crippen LogP contribution is -2.42. The largest absolute Gasteiger partial charge is 0.489 e. The van der Waals surface area contributed by atoms with Crippen molar-refractivity contribution in [2.24, 2.45) is 4.99 Å². The van der Waals surface area contributed by atoms with Crippen LogP contribution in [0.2, 0.25) is 0 Å². The first-order valence-electron chi connectivity index (χ1n) is 10.4. The fourth-order valence-corrected chi connectivity index (χ4v) is 3.19. The number of aryl methyl sites for hydroxylation is 1. The van der Waals surface area contributed by atoms with Gasteiger partial charge in [-0.2, -0.15) is 0 Å². The van der Waals surface area contributed by atoms with Gasteiger partial charge in [-0.3, -0.25) is 4.99 Å². The van der Waals surface area contributed by atoms with Gasteiger partial charge in [0.15, 0.2) is 5.96 Å².